The molecule has 2 aromatic carbocycles. The summed E-state index contributed by atoms with van der Waals surface area (Å²) in [5.74, 6) is -0.536. The summed E-state index contributed by atoms with van der Waals surface area (Å²) in [6, 6.07) is 11.9. The van der Waals surface area contributed by atoms with Crippen LogP contribution in [0.2, 0.25) is 0 Å². The van der Waals surface area contributed by atoms with Crippen LogP contribution < -0.4 is 5.32 Å². The SMILES string of the molecule is Cc1cccc(NC(=O)c2ccc(F)c(C)c2)c1. The molecule has 0 bridgehead atoms. The average molecular weight is 243 g/mol. The maximum absolute atomic E-state index is 13.1. The van der Waals surface area contributed by atoms with Crippen LogP contribution in [-0.2, 0) is 0 Å². The number of carbonyl (C=O) groups excluding carboxylic acids is 1. The molecule has 0 atom stereocenters. The summed E-state index contributed by atoms with van der Waals surface area (Å²) >= 11 is 0. The summed E-state index contributed by atoms with van der Waals surface area (Å²) in [6.07, 6.45) is 0. The van der Waals surface area contributed by atoms with Gasteiger partial charge in [-0.05, 0) is 55.3 Å². The first-order valence-electron chi connectivity index (χ1n) is 5.70. The molecule has 0 saturated carbocycles. The average Bonchev–Trinajstić information content (AvgIpc) is 2.32. The molecule has 92 valence electrons. The first kappa shape index (κ1) is 12.3. The number of amides is 1. The van der Waals surface area contributed by atoms with Crippen molar-refractivity contribution in [3.05, 3.63) is 65.0 Å². The van der Waals surface area contributed by atoms with Crippen molar-refractivity contribution in [2.75, 3.05) is 5.32 Å². The Hall–Kier alpha value is -2.16. The number of anilines is 1. The first-order chi connectivity index (χ1) is 8.56. The van der Waals surface area contributed by atoms with Crippen LogP contribution in [0.4, 0.5) is 10.1 Å². The number of rotatable bonds is 2. The molecule has 18 heavy (non-hydrogen) atoms. The number of nitrogens with one attached hydrogen (secondary N) is 1. The summed E-state index contributed by atoms with van der Waals surface area (Å²) in [4.78, 5) is 12.0. The number of hydrogen-bond donors (Lipinski definition) is 1. The smallest absolute Gasteiger partial charge is 0.255 e. The zero-order valence-corrected chi connectivity index (χ0v) is 10.3. The van der Waals surface area contributed by atoms with Crippen molar-refractivity contribution in [2.24, 2.45) is 0 Å². The predicted molar refractivity (Wildman–Crippen MR) is 70.3 cm³/mol. The van der Waals surface area contributed by atoms with Gasteiger partial charge in [0.25, 0.3) is 5.91 Å². The van der Waals surface area contributed by atoms with E-state index in [4.69, 9.17) is 0 Å². The molecule has 0 aliphatic carbocycles. The lowest BCUT2D eigenvalue weighted by Crippen LogP contribution is -2.12. The van der Waals surface area contributed by atoms with Gasteiger partial charge in [0.05, 0.1) is 0 Å². The Labute approximate surface area is 105 Å². The predicted octanol–water partition coefficient (Wildman–Crippen LogP) is 3.69. The normalized spacial score (nSPS) is 10.2. The Bertz CT molecular complexity index is 593. The van der Waals surface area contributed by atoms with Gasteiger partial charge in [-0.1, -0.05) is 12.1 Å². The van der Waals surface area contributed by atoms with Gasteiger partial charge in [-0.25, -0.2) is 4.39 Å². The number of carbonyl (C=O) groups is 1. The third kappa shape index (κ3) is 2.74. The van der Waals surface area contributed by atoms with E-state index < -0.39 is 0 Å². The van der Waals surface area contributed by atoms with E-state index in [0.29, 0.717) is 11.1 Å². The Morgan fingerprint density at radius 3 is 2.56 bits per heavy atom. The zero-order chi connectivity index (χ0) is 13.1. The highest BCUT2D eigenvalue weighted by atomic mass is 19.1. The van der Waals surface area contributed by atoms with Crippen LogP contribution in [0.5, 0.6) is 0 Å². The maximum atomic E-state index is 13.1. The first-order valence-corrected chi connectivity index (χ1v) is 5.70. The van der Waals surface area contributed by atoms with Crippen molar-refractivity contribution in [3.63, 3.8) is 0 Å². The van der Waals surface area contributed by atoms with Crippen LogP contribution >= 0.6 is 0 Å². The summed E-state index contributed by atoms with van der Waals surface area (Å²) in [7, 11) is 0. The van der Waals surface area contributed by atoms with Crippen LogP contribution in [0.15, 0.2) is 42.5 Å². The third-order valence-corrected chi connectivity index (χ3v) is 2.70. The van der Waals surface area contributed by atoms with Gasteiger partial charge in [0.15, 0.2) is 0 Å². The van der Waals surface area contributed by atoms with Crippen molar-refractivity contribution >= 4 is 11.6 Å². The number of benzene rings is 2. The van der Waals surface area contributed by atoms with E-state index in [2.05, 4.69) is 5.32 Å². The molecule has 0 aliphatic rings. The molecule has 3 heteroatoms. The third-order valence-electron chi connectivity index (χ3n) is 2.70. The number of halogens is 1. The molecular weight excluding hydrogens is 229 g/mol. The monoisotopic (exact) mass is 243 g/mol. The second kappa shape index (κ2) is 5.00. The summed E-state index contributed by atoms with van der Waals surface area (Å²) in [5.41, 5.74) is 2.73. The summed E-state index contributed by atoms with van der Waals surface area (Å²) < 4.78 is 13.1. The minimum Gasteiger partial charge on any atom is -0.322 e. The van der Waals surface area contributed by atoms with Crippen LogP contribution in [0.3, 0.4) is 0 Å². The minimum absolute atomic E-state index is 0.233. The Morgan fingerprint density at radius 1 is 1.11 bits per heavy atom. The second-order valence-corrected chi connectivity index (χ2v) is 4.29. The Kier molecular flexibility index (Phi) is 3.42. The Balaban J connectivity index is 2.19. The maximum Gasteiger partial charge on any atom is 0.255 e. The van der Waals surface area contributed by atoms with Crippen molar-refractivity contribution < 1.29 is 9.18 Å². The summed E-state index contributed by atoms with van der Waals surface area (Å²) in [5, 5.41) is 2.78. The Morgan fingerprint density at radius 2 is 1.89 bits per heavy atom. The fraction of sp³-hybridized carbons (Fsp3) is 0.133. The molecule has 1 N–H and O–H groups in total. The molecule has 0 fully saturated rings. The van der Waals surface area contributed by atoms with Gasteiger partial charge in [-0.3, -0.25) is 4.79 Å². The lowest BCUT2D eigenvalue weighted by atomic mass is 10.1. The zero-order valence-electron chi connectivity index (χ0n) is 10.3. The molecule has 1 amide bonds. The molecule has 0 aliphatic heterocycles. The van der Waals surface area contributed by atoms with E-state index in [9.17, 15) is 9.18 Å². The lowest BCUT2D eigenvalue weighted by molar-refractivity contribution is 0.102. The molecule has 0 unspecified atom stereocenters. The van der Waals surface area contributed by atoms with E-state index in [0.717, 1.165) is 11.3 Å². The minimum atomic E-state index is -0.304. The van der Waals surface area contributed by atoms with E-state index in [1.807, 2.05) is 31.2 Å². The van der Waals surface area contributed by atoms with E-state index in [1.165, 1.54) is 12.1 Å². The van der Waals surface area contributed by atoms with E-state index in [1.54, 1.807) is 13.0 Å². The lowest BCUT2D eigenvalue weighted by Gasteiger charge is -2.07. The highest BCUT2D eigenvalue weighted by Gasteiger charge is 2.08. The largest absolute Gasteiger partial charge is 0.322 e. The van der Waals surface area contributed by atoms with Gasteiger partial charge in [0, 0.05) is 11.3 Å². The van der Waals surface area contributed by atoms with Crippen molar-refractivity contribution in [3.8, 4) is 0 Å². The van der Waals surface area contributed by atoms with E-state index in [-0.39, 0.29) is 11.7 Å². The quantitative estimate of drug-likeness (QED) is 0.856. The molecule has 2 rings (SSSR count). The summed E-state index contributed by atoms with van der Waals surface area (Å²) in [6.45, 7) is 3.59. The number of aryl methyl sites for hydroxylation is 2. The van der Waals surface area contributed by atoms with Crippen LogP contribution in [0, 0.1) is 19.7 Å². The topological polar surface area (TPSA) is 29.1 Å². The molecule has 0 heterocycles. The molecule has 0 spiro atoms. The highest BCUT2D eigenvalue weighted by Crippen LogP contribution is 2.13. The molecular formula is C15H14FNO. The van der Waals surface area contributed by atoms with Crippen LogP contribution in [0.1, 0.15) is 21.5 Å². The van der Waals surface area contributed by atoms with Gasteiger partial charge in [-0.2, -0.15) is 0 Å². The van der Waals surface area contributed by atoms with Gasteiger partial charge in [0.2, 0.25) is 0 Å². The second-order valence-electron chi connectivity index (χ2n) is 4.29. The molecule has 0 saturated heterocycles. The fourth-order valence-corrected chi connectivity index (χ4v) is 1.71. The number of hydrogen-bond acceptors (Lipinski definition) is 1. The van der Waals surface area contributed by atoms with Gasteiger partial charge in [0.1, 0.15) is 5.82 Å². The molecule has 0 radical (unpaired) electrons. The van der Waals surface area contributed by atoms with Crippen molar-refractivity contribution in [2.45, 2.75) is 13.8 Å². The van der Waals surface area contributed by atoms with Gasteiger partial charge < -0.3 is 5.32 Å². The van der Waals surface area contributed by atoms with Gasteiger partial charge >= 0.3 is 0 Å². The molecule has 2 nitrogen and oxygen atoms in total. The van der Waals surface area contributed by atoms with E-state index >= 15 is 0 Å². The molecule has 2 aromatic rings. The van der Waals surface area contributed by atoms with Gasteiger partial charge in [-0.15, -0.1) is 0 Å². The van der Waals surface area contributed by atoms with Crippen LogP contribution in [0.25, 0.3) is 0 Å². The standard InChI is InChI=1S/C15H14FNO/c1-10-4-3-5-13(8-10)17-15(18)12-6-7-14(16)11(2)9-12/h3-9H,1-2H3,(H,17,18). The molecule has 0 aromatic heterocycles. The van der Waals surface area contributed by atoms with Crippen molar-refractivity contribution in [1.29, 1.82) is 0 Å². The van der Waals surface area contributed by atoms with Crippen LogP contribution in [-0.4, -0.2) is 5.91 Å². The van der Waals surface area contributed by atoms with Crippen molar-refractivity contribution in [1.82, 2.24) is 0 Å². The highest BCUT2D eigenvalue weighted by molar-refractivity contribution is 6.04. The fourth-order valence-electron chi connectivity index (χ4n) is 1.71.